The van der Waals surface area contributed by atoms with Crippen LogP contribution in [0.2, 0.25) is 5.02 Å². The third kappa shape index (κ3) is 4.04. The van der Waals surface area contributed by atoms with E-state index >= 15 is 0 Å². The average molecular weight is 404 g/mol. The SMILES string of the molecule is CCOC(=O)CNC(=O)Cn1nc(C)c2cnn(-c3cccc(Cl)c3)c2c1=O. The molecule has 0 aliphatic rings. The van der Waals surface area contributed by atoms with Crippen LogP contribution in [0.15, 0.2) is 35.3 Å². The Bertz CT molecular complexity index is 1110. The predicted molar refractivity (Wildman–Crippen MR) is 103 cm³/mol. The van der Waals surface area contributed by atoms with Crippen LogP contribution in [-0.2, 0) is 20.9 Å². The summed E-state index contributed by atoms with van der Waals surface area (Å²) in [6.07, 6.45) is 1.55. The van der Waals surface area contributed by atoms with Crippen LogP contribution in [0.3, 0.4) is 0 Å². The second-order valence-corrected chi connectivity index (χ2v) is 6.36. The molecule has 0 radical (unpaired) electrons. The molecule has 0 unspecified atom stereocenters. The fraction of sp³-hybridized carbons (Fsp3) is 0.278. The normalized spacial score (nSPS) is 10.8. The van der Waals surface area contributed by atoms with E-state index in [4.69, 9.17) is 16.3 Å². The Balaban J connectivity index is 1.93. The van der Waals surface area contributed by atoms with Crippen molar-refractivity contribution in [2.45, 2.75) is 20.4 Å². The highest BCUT2D eigenvalue weighted by Crippen LogP contribution is 2.19. The van der Waals surface area contributed by atoms with E-state index < -0.39 is 17.4 Å². The molecule has 0 aliphatic carbocycles. The van der Waals surface area contributed by atoms with Gasteiger partial charge in [0, 0.05) is 10.4 Å². The molecule has 0 spiro atoms. The van der Waals surface area contributed by atoms with Crippen molar-refractivity contribution in [1.29, 1.82) is 0 Å². The van der Waals surface area contributed by atoms with Gasteiger partial charge in [-0.05, 0) is 32.0 Å². The number of carbonyl (C=O) groups excluding carboxylic acids is 2. The van der Waals surface area contributed by atoms with Crippen molar-refractivity contribution in [1.82, 2.24) is 24.9 Å². The number of hydrogen-bond donors (Lipinski definition) is 1. The maximum atomic E-state index is 12.9. The van der Waals surface area contributed by atoms with E-state index in [1.54, 1.807) is 44.3 Å². The zero-order valence-corrected chi connectivity index (χ0v) is 16.1. The molecule has 0 saturated carbocycles. The van der Waals surface area contributed by atoms with Crippen molar-refractivity contribution in [3.8, 4) is 5.69 Å². The minimum absolute atomic E-state index is 0.221. The van der Waals surface area contributed by atoms with Crippen LogP contribution in [-0.4, -0.2) is 44.6 Å². The van der Waals surface area contributed by atoms with Crippen molar-refractivity contribution in [3.05, 3.63) is 51.5 Å². The van der Waals surface area contributed by atoms with Crippen LogP contribution < -0.4 is 10.9 Å². The molecule has 0 bridgehead atoms. The number of carbonyl (C=O) groups is 2. The molecule has 3 aromatic rings. The first-order chi connectivity index (χ1) is 13.4. The van der Waals surface area contributed by atoms with Gasteiger partial charge in [-0.25, -0.2) is 9.36 Å². The summed E-state index contributed by atoms with van der Waals surface area (Å²) in [5, 5.41) is 11.9. The Labute approximate surface area is 164 Å². The number of nitrogens with zero attached hydrogens (tertiary/aromatic N) is 4. The Morgan fingerprint density at radius 2 is 2.11 bits per heavy atom. The monoisotopic (exact) mass is 403 g/mol. The largest absolute Gasteiger partial charge is 0.465 e. The maximum absolute atomic E-state index is 12.9. The van der Waals surface area contributed by atoms with Crippen LogP contribution in [0.5, 0.6) is 0 Å². The summed E-state index contributed by atoms with van der Waals surface area (Å²) in [5.74, 6) is -1.09. The summed E-state index contributed by atoms with van der Waals surface area (Å²) >= 11 is 6.04. The first kappa shape index (κ1) is 19.6. The molecule has 10 heteroatoms. The Hall–Kier alpha value is -3.20. The molecule has 0 atom stereocenters. The van der Waals surface area contributed by atoms with Gasteiger partial charge >= 0.3 is 5.97 Å². The fourth-order valence-corrected chi connectivity index (χ4v) is 2.89. The Kier molecular flexibility index (Phi) is 5.74. The van der Waals surface area contributed by atoms with Crippen LogP contribution in [0.4, 0.5) is 0 Å². The van der Waals surface area contributed by atoms with Crippen molar-refractivity contribution in [2.24, 2.45) is 0 Å². The lowest BCUT2D eigenvalue weighted by Gasteiger charge is -2.09. The van der Waals surface area contributed by atoms with Crippen molar-refractivity contribution >= 4 is 34.4 Å². The van der Waals surface area contributed by atoms with Gasteiger partial charge in [0.2, 0.25) is 5.91 Å². The molecule has 3 rings (SSSR count). The average Bonchev–Trinajstić information content (AvgIpc) is 3.10. The number of rotatable bonds is 6. The highest BCUT2D eigenvalue weighted by molar-refractivity contribution is 6.30. The van der Waals surface area contributed by atoms with E-state index in [9.17, 15) is 14.4 Å². The van der Waals surface area contributed by atoms with E-state index in [0.29, 0.717) is 21.8 Å². The van der Waals surface area contributed by atoms with Gasteiger partial charge in [0.25, 0.3) is 5.56 Å². The molecule has 0 aliphatic heterocycles. The van der Waals surface area contributed by atoms with Gasteiger partial charge in [-0.3, -0.25) is 14.4 Å². The predicted octanol–water partition coefficient (Wildman–Crippen LogP) is 1.22. The second-order valence-electron chi connectivity index (χ2n) is 5.93. The van der Waals surface area contributed by atoms with Gasteiger partial charge in [-0.15, -0.1) is 0 Å². The molecule has 146 valence electrons. The smallest absolute Gasteiger partial charge is 0.325 e. The zero-order chi connectivity index (χ0) is 20.3. The molecule has 0 saturated heterocycles. The summed E-state index contributed by atoms with van der Waals surface area (Å²) in [7, 11) is 0. The van der Waals surface area contributed by atoms with Crippen molar-refractivity contribution < 1.29 is 14.3 Å². The number of fused-ring (bicyclic) bond motifs is 1. The highest BCUT2D eigenvalue weighted by Gasteiger charge is 2.17. The third-order valence-corrected chi connectivity index (χ3v) is 4.18. The third-order valence-electron chi connectivity index (χ3n) is 3.95. The first-order valence-electron chi connectivity index (χ1n) is 8.54. The maximum Gasteiger partial charge on any atom is 0.325 e. The van der Waals surface area contributed by atoms with Crippen LogP contribution >= 0.6 is 11.6 Å². The quantitative estimate of drug-likeness (QED) is 0.620. The second kappa shape index (κ2) is 8.22. The van der Waals surface area contributed by atoms with E-state index in [-0.39, 0.29) is 25.2 Å². The van der Waals surface area contributed by atoms with Gasteiger partial charge in [-0.1, -0.05) is 17.7 Å². The van der Waals surface area contributed by atoms with E-state index in [0.717, 1.165) is 4.68 Å². The number of amides is 1. The molecule has 2 heterocycles. The number of nitrogens with one attached hydrogen (secondary N) is 1. The van der Waals surface area contributed by atoms with Crippen LogP contribution in [0, 0.1) is 6.92 Å². The summed E-state index contributed by atoms with van der Waals surface area (Å²) in [5.41, 5.74) is 0.960. The first-order valence-corrected chi connectivity index (χ1v) is 8.92. The van der Waals surface area contributed by atoms with E-state index in [1.165, 1.54) is 4.68 Å². The van der Waals surface area contributed by atoms with E-state index in [2.05, 4.69) is 15.5 Å². The lowest BCUT2D eigenvalue weighted by Crippen LogP contribution is -2.37. The molecule has 1 aromatic carbocycles. The number of halogens is 1. The van der Waals surface area contributed by atoms with Gasteiger partial charge in [0.1, 0.15) is 18.6 Å². The molecule has 28 heavy (non-hydrogen) atoms. The number of ether oxygens (including phenoxy) is 1. The fourth-order valence-electron chi connectivity index (χ4n) is 2.71. The van der Waals surface area contributed by atoms with E-state index in [1.807, 2.05) is 0 Å². The number of benzene rings is 1. The number of hydrogen-bond acceptors (Lipinski definition) is 6. The zero-order valence-electron chi connectivity index (χ0n) is 15.3. The van der Waals surface area contributed by atoms with Crippen LogP contribution in [0.1, 0.15) is 12.6 Å². The lowest BCUT2D eigenvalue weighted by atomic mass is 10.2. The molecule has 2 aromatic heterocycles. The van der Waals surface area contributed by atoms with Crippen molar-refractivity contribution in [2.75, 3.05) is 13.2 Å². The van der Waals surface area contributed by atoms with Gasteiger partial charge < -0.3 is 10.1 Å². The lowest BCUT2D eigenvalue weighted by molar-refractivity contribution is -0.143. The molecule has 0 fully saturated rings. The van der Waals surface area contributed by atoms with Crippen LogP contribution in [0.25, 0.3) is 16.6 Å². The Morgan fingerprint density at radius 1 is 1.32 bits per heavy atom. The number of esters is 1. The molecule has 9 nitrogen and oxygen atoms in total. The Morgan fingerprint density at radius 3 is 2.82 bits per heavy atom. The molecular formula is C18H18ClN5O4. The molecule has 1 amide bonds. The van der Waals surface area contributed by atoms with Gasteiger partial charge in [0.05, 0.1) is 24.2 Å². The standard InChI is InChI=1S/C18H18ClN5O4/c1-3-28-16(26)9-20-15(25)10-23-18(27)17-14(11(2)22-23)8-21-24(17)13-6-4-5-12(19)7-13/h4-8H,3,9-10H2,1-2H3,(H,20,25). The van der Waals surface area contributed by atoms with Crippen molar-refractivity contribution in [3.63, 3.8) is 0 Å². The summed E-state index contributed by atoms with van der Waals surface area (Å²) in [6, 6.07) is 6.92. The van der Waals surface area contributed by atoms with Gasteiger partial charge in [-0.2, -0.15) is 10.2 Å². The van der Waals surface area contributed by atoms with Gasteiger partial charge in [0.15, 0.2) is 0 Å². The minimum atomic E-state index is -0.554. The topological polar surface area (TPSA) is 108 Å². The summed E-state index contributed by atoms with van der Waals surface area (Å²) < 4.78 is 7.25. The summed E-state index contributed by atoms with van der Waals surface area (Å²) in [4.78, 5) is 36.4. The molecule has 1 N–H and O–H groups in total. The number of aromatic nitrogens is 4. The number of aryl methyl sites for hydroxylation is 1. The summed E-state index contributed by atoms with van der Waals surface area (Å²) in [6.45, 7) is 3.00. The minimum Gasteiger partial charge on any atom is -0.465 e. The molecular weight excluding hydrogens is 386 g/mol. The highest BCUT2D eigenvalue weighted by atomic mass is 35.5.